The van der Waals surface area contributed by atoms with Crippen molar-refractivity contribution in [2.75, 3.05) is 20.0 Å². The highest BCUT2D eigenvalue weighted by molar-refractivity contribution is 5.92. The second-order valence-electron chi connectivity index (χ2n) is 6.56. The normalized spacial score (nSPS) is 17.2. The third-order valence-electron chi connectivity index (χ3n) is 4.45. The zero-order chi connectivity index (χ0) is 21.8. The number of rotatable bonds is 6. The van der Waals surface area contributed by atoms with E-state index in [0.29, 0.717) is 17.1 Å². The van der Waals surface area contributed by atoms with Crippen molar-refractivity contribution in [3.05, 3.63) is 58.7 Å². The van der Waals surface area contributed by atoms with Crippen LogP contribution in [-0.2, 0) is 23.8 Å². The number of benzene rings is 1. The molecule has 9 heteroatoms. The minimum Gasteiger partial charge on any atom is -0.459 e. The number of nitrogens with zero attached hydrogens (tertiary/aromatic N) is 1. The molecule has 1 aromatic carbocycles. The van der Waals surface area contributed by atoms with Crippen LogP contribution in [0.1, 0.15) is 25.3 Å². The molecule has 0 amide bonds. The number of fused-ring (bicyclic) bond motifs is 1. The number of ether oxygens (including phenoxy) is 5. The molecule has 2 N–H and O–H groups in total. The Morgan fingerprint density at radius 2 is 1.97 bits per heavy atom. The van der Waals surface area contributed by atoms with Crippen LogP contribution < -0.4 is 15.2 Å². The smallest absolute Gasteiger partial charge is 0.338 e. The first-order valence-electron chi connectivity index (χ1n) is 9.01. The zero-order valence-corrected chi connectivity index (χ0v) is 16.5. The van der Waals surface area contributed by atoms with E-state index < -0.39 is 17.9 Å². The van der Waals surface area contributed by atoms with Crippen molar-refractivity contribution in [2.45, 2.75) is 19.8 Å². The van der Waals surface area contributed by atoms with Gasteiger partial charge in [-0.15, -0.1) is 0 Å². The largest absolute Gasteiger partial charge is 0.459 e. The molecule has 156 valence electrons. The monoisotopic (exact) mass is 412 g/mol. The summed E-state index contributed by atoms with van der Waals surface area (Å²) in [6.07, 6.45) is 0. The van der Waals surface area contributed by atoms with Gasteiger partial charge in [-0.25, -0.2) is 9.59 Å². The van der Waals surface area contributed by atoms with Gasteiger partial charge in [-0.3, -0.25) is 0 Å². The molecular formula is C21H20N2O7. The molecule has 9 nitrogen and oxygen atoms in total. The standard InChI is InChI=1S/C21H20N2O7/c1-11(2)20(24)26-6-7-27-21(25)17-12(3)30-19(23)14(9-22)18(17)13-4-5-15-16(8-13)29-10-28-15/h4-5,8,18H,1,6-7,10,23H2,2-3H3. The molecule has 3 rings (SSSR count). The Morgan fingerprint density at radius 1 is 1.27 bits per heavy atom. The number of nitrogens with two attached hydrogens (primary N) is 1. The second-order valence-corrected chi connectivity index (χ2v) is 6.56. The minimum absolute atomic E-state index is 0.0696. The third kappa shape index (κ3) is 4.07. The van der Waals surface area contributed by atoms with Crippen LogP contribution in [-0.4, -0.2) is 31.9 Å². The Kier molecular flexibility index (Phi) is 5.97. The van der Waals surface area contributed by atoms with Gasteiger partial charge in [-0.05, 0) is 31.5 Å². The fourth-order valence-electron chi connectivity index (χ4n) is 3.04. The van der Waals surface area contributed by atoms with Crippen LogP contribution in [0.15, 0.2) is 53.1 Å². The fourth-order valence-corrected chi connectivity index (χ4v) is 3.04. The van der Waals surface area contributed by atoms with E-state index in [-0.39, 0.29) is 48.4 Å². The number of hydrogen-bond donors (Lipinski definition) is 1. The van der Waals surface area contributed by atoms with Crippen LogP contribution in [0.4, 0.5) is 0 Å². The predicted octanol–water partition coefficient (Wildman–Crippen LogP) is 2.16. The van der Waals surface area contributed by atoms with Gasteiger partial charge < -0.3 is 29.4 Å². The molecule has 0 radical (unpaired) electrons. The lowest BCUT2D eigenvalue weighted by molar-refractivity contribution is -0.147. The first-order chi connectivity index (χ1) is 14.3. The molecule has 1 atom stereocenters. The van der Waals surface area contributed by atoms with Gasteiger partial charge in [0.15, 0.2) is 11.5 Å². The number of carbonyl (C=O) groups excluding carboxylic acids is 2. The molecule has 0 saturated carbocycles. The van der Waals surface area contributed by atoms with Gasteiger partial charge in [-0.1, -0.05) is 12.6 Å². The average molecular weight is 412 g/mol. The summed E-state index contributed by atoms with van der Waals surface area (Å²) in [6.45, 7) is 6.31. The van der Waals surface area contributed by atoms with E-state index in [2.05, 4.69) is 6.58 Å². The highest BCUT2D eigenvalue weighted by Crippen LogP contribution is 2.43. The Bertz CT molecular complexity index is 1020. The van der Waals surface area contributed by atoms with Gasteiger partial charge in [0.05, 0.1) is 11.5 Å². The molecule has 0 aliphatic carbocycles. The van der Waals surface area contributed by atoms with E-state index in [1.165, 1.54) is 6.92 Å². The molecule has 0 spiro atoms. The van der Waals surface area contributed by atoms with Gasteiger partial charge in [0.1, 0.15) is 30.6 Å². The number of nitriles is 1. The summed E-state index contributed by atoms with van der Waals surface area (Å²) in [4.78, 5) is 24.2. The molecule has 0 bridgehead atoms. The number of carbonyl (C=O) groups is 2. The van der Waals surface area contributed by atoms with Crippen molar-refractivity contribution < 1.29 is 33.3 Å². The quantitative estimate of drug-likeness (QED) is 0.424. The Labute approximate surface area is 172 Å². The number of esters is 2. The molecule has 2 aliphatic heterocycles. The van der Waals surface area contributed by atoms with Crippen LogP contribution in [0.5, 0.6) is 11.5 Å². The fraction of sp³-hybridized carbons (Fsp3) is 0.286. The van der Waals surface area contributed by atoms with Crippen molar-refractivity contribution in [3.63, 3.8) is 0 Å². The lowest BCUT2D eigenvalue weighted by atomic mass is 9.83. The summed E-state index contributed by atoms with van der Waals surface area (Å²) in [5, 5.41) is 9.64. The molecule has 0 saturated heterocycles. The van der Waals surface area contributed by atoms with E-state index >= 15 is 0 Å². The molecule has 1 unspecified atom stereocenters. The van der Waals surface area contributed by atoms with Gasteiger partial charge in [0, 0.05) is 5.57 Å². The van der Waals surface area contributed by atoms with Crippen LogP contribution in [0, 0.1) is 11.3 Å². The molecular weight excluding hydrogens is 392 g/mol. The minimum atomic E-state index is -0.816. The van der Waals surface area contributed by atoms with E-state index in [1.54, 1.807) is 25.1 Å². The maximum Gasteiger partial charge on any atom is 0.338 e. The van der Waals surface area contributed by atoms with E-state index in [4.69, 9.17) is 29.4 Å². The summed E-state index contributed by atoms with van der Waals surface area (Å²) in [7, 11) is 0. The van der Waals surface area contributed by atoms with Crippen molar-refractivity contribution in [1.29, 1.82) is 5.26 Å². The maximum absolute atomic E-state index is 12.8. The summed E-state index contributed by atoms with van der Waals surface area (Å²) < 4.78 is 26.3. The van der Waals surface area contributed by atoms with Crippen molar-refractivity contribution in [2.24, 2.45) is 5.73 Å². The van der Waals surface area contributed by atoms with Crippen LogP contribution in [0.3, 0.4) is 0 Å². The van der Waals surface area contributed by atoms with Crippen LogP contribution in [0.25, 0.3) is 0 Å². The molecule has 2 aliphatic rings. The number of allylic oxidation sites excluding steroid dienone is 2. The van der Waals surface area contributed by atoms with E-state index in [1.807, 2.05) is 6.07 Å². The predicted molar refractivity (Wildman–Crippen MR) is 103 cm³/mol. The zero-order valence-electron chi connectivity index (χ0n) is 16.5. The maximum atomic E-state index is 12.8. The highest BCUT2D eigenvalue weighted by atomic mass is 16.7. The lowest BCUT2D eigenvalue weighted by Crippen LogP contribution is -2.26. The topological polar surface area (TPSA) is 130 Å². The summed E-state index contributed by atoms with van der Waals surface area (Å²) in [5.74, 6) is -0.950. The average Bonchev–Trinajstić information content (AvgIpc) is 3.18. The highest BCUT2D eigenvalue weighted by Gasteiger charge is 2.37. The van der Waals surface area contributed by atoms with Gasteiger partial charge in [0.2, 0.25) is 12.7 Å². The van der Waals surface area contributed by atoms with E-state index in [0.717, 1.165) is 0 Å². The van der Waals surface area contributed by atoms with Crippen LogP contribution in [0.2, 0.25) is 0 Å². The van der Waals surface area contributed by atoms with Gasteiger partial charge >= 0.3 is 11.9 Å². The Hall–Kier alpha value is -3.93. The summed E-state index contributed by atoms with van der Waals surface area (Å²) in [6, 6.07) is 7.09. The first kappa shape index (κ1) is 20.8. The molecule has 30 heavy (non-hydrogen) atoms. The van der Waals surface area contributed by atoms with Crippen molar-refractivity contribution >= 4 is 11.9 Å². The first-order valence-corrected chi connectivity index (χ1v) is 9.01. The molecule has 2 heterocycles. The van der Waals surface area contributed by atoms with Crippen molar-refractivity contribution in [3.8, 4) is 17.6 Å². The van der Waals surface area contributed by atoms with E-state index in [9.17, 15) is 14.9 Å². The molecule has 0 aromatic heterocycles. The van der Waals surface area contributed by atoms with Gasteiger partial charge in [0.25, 0.3) is 0 Å². The Balaban J connectivity index is 1.84. The SMILES string of the molecule is C=C(C)C(=O)OCCOC(=O)C1=C(C)OC(N)=C(C#N)C1c1ccc2c(c1)OCO2. The Morgan fingerprint density at radius 3 is 2.67 bits per heavy atom. The molecule has 1 aromatic rings. The van der Waals surface area contributed by atoms with Crippen molar-refractivity contribution in [1.82, 2.24) is 0 Å². The summed E-state index contributed by atoms with van der Waals surface area (Å²) >= 11 is 0. The van der Waals surface area contributed by atoms with Crippen LogP contribution >= 0.6 is 0 Å². The lowest BCUT2D eigenvalue weighted by Gasteiger charge is -2.27. The third-order valence-corrected chi connectivity index (χ3v) is 4.45. The number of hydrogen-bond acceptors (Lipinski definition) is 9. The molecule has 0 fully saturated rings. The summed E-state index contributed by atoms with van der Waals surface area (Å²) in [5.41, 5.74) is 6.90. The second kappa shape index (κ2) is 8.61. The van der Waals surface area contributed by atoms with Gasteiger partial charge in [-0.2, -0.15) is 5.26 Å².